The molecule has 0 unspecified atom stereocenters. The number of halogens is 1. The fourth-order valence-corrected chi connectivity index (χ4v) is 1.68. The Balaban J connectivity index is 2.77. The normalized spacial score (nSPS) is 12.5. The number of aliphatic hydroxyl groups is 1. The predicted molar refractivity (Wildman–Crippen MR) is 65.2 cm³/mol. The lowest BCUT2D eigenvalue weighted by Gasteiger charge is -2.13. The van der Waals surface area contributed by atoms with Gasteiger partial charge in [0.2, 0.25) is 0 Å². The number of rotatable bonds is 5. The van der Waals surface area contributed by atoms with Gasteiger partial charge in [-0.1, -0.05) is 29.3 Å². The van der Waals surface area contributed by atoms with Gasteiger partial charge in [-0.3, -0.25) is 0 Å². The second-order valence-corrected chi connectivity index (χ2v) is 4.48. The summed E-state index contributed by atoms with van der Waals surface area (Å²) in [7, 11) is 0. The Morgan fingerprint density at radius 1 is 1.47 bits per heavy atom. The molecule has 1 atom stereocenters. The SMILES string of the molecule is CCCCOc1ccc(Br)cc1[C@@H](C)O. The number of hydrogen-bond acceptors (Lipinski definition) is 2. The first kappa shape index (κ1) is 12.5. The number of aliphatic hydroxyl groups excluding tert-OH is 1. The first-order chi connectivity index (χ1) is 7.15. The van der Waals surface area contributed by atoms with E-state index in [1.54, 1.807) is 6.92 Å². The van der Waals surface area contributed by atoms with E-state index in [-0.39, 0.29) is 0 Å². The van der Waals surface area contributed by atoms with E-state index in [1.807, 2.05) is 18.2 Å². The number of ether oxygens (including phenoxy) is 1. The molecule has 0 radical (unpaired) electrons. The second-order valence-electron chi connectivity index (χ2n) is 3.56. The molecule has 0 saturated carbocycles. The van der Waals surface area contributed by atoms with Crippen molar-refractivity contribution in [2.24, 2.45) is 0 Å². The minimum Gasteiger partial charge on any atom is -0.493 e. The van der Waals surface area contributed by atoms with Crippen molar-refractivity contribution in [2.75, 3.05) is 6.61 Å². The Morgan fingerprint density at radius 2 is 2.20 bits per heavy atom. The fraction of sp³-hybridized carbons (Fsp3) is 0.500. The highest BCUT2D eigenvalue weighted by Gasteiger charge is 2.09. The molecule has 1 aromatic rings. The molecule has 84 valence electrons. The summed E-state index contributed by atoms with van der Waals surface area (Å²) in [6.45, 7) is 4.58. The van der Waals surface area contributed by atoms with E-state index >= 15 is 0 Å². The zero-order valence-corrected chi connectivity index (χ0v) is 10.8. The highest BCUT2D eigenvalue weighted by Crippen LogP contribution is 2.28. The van der Waals surface area contributed by atoms with Gasteiger partial charge in [-0.15, -0.1) is 0 Å². The zero-order chi connectivity index (χ0) is 11.3. The van der Waals surface area contributed by atoms with Gasteiger partial charge in [0.05, 0.1) is 12.7 Å². The fourth-order valence-electron chi connectivity index (χ4n) is 1.30. The summed E-state index contributed by atoms with van der Waals surface area (Å²) in [5.74, 6) is 0.779. The summed E-state index contributed by atoms with van der Waals surface area (Å²) in [5.41, 5.74) is 0.834. The molecule has 0 aromatic heterocycles. The minimum absolute atomic E-state index is 0.501. The Bertz CT molecular complexity index is 310. The summed E-state index contributed by atoms with van der Waals surface area (Å²) in [6, 6.07) is 5.71. The highest BCUT2D eigenvalue weighted by atomic mass is 79.9. The van der Waals surface area contributed by atoms with Crippen LogP contribution in [0.25, 0.3) is 0 Å². The first-order valence-corrected chi connectivity index (χ1v) is 6.04. The Labute approximate surface area is 99.4 Å². The molecule has 0 spiro atoms. The van der Waals surface area contributed by atoms with Crippen molar-refractivity contribution in [3.63, 3.8) is 0 Å². The van der Waals surface area contributed by atoms with E-state index in [9.17, 15) is 5.11 Å². The molecule has 0 aliphatic heterocycles. The van der Waals surface area contributed by atoms with Crippen LogP contribution >= 0.6 is 15.9 Å². The van der Waals surface area contributed by atoms with Crippen LogP contribution in [-0.4, -0.2) is 11.7 Å². The molecular formula is C12H17BrO2. The van der Waals surface area contributed by atoms with Crippen molar-refractivity contribution < 1.29 is 9.84 Å². The van der Waals surface area contributed by atoms with Gasteiger partial charge in [0.1, 0.15) is 5.75 Å². The summed E-state index contributed by atoms with van der Waals surface area (Å²) < 4.78 is 6.57. The summed E-state index contributed by atoms with van der Waals surface area (Å²) in [6.07, 6.45) is 1.65. The summed E-state index contributed by atoms with van der Waals surface area (Å²) >= 11 is 3.38. The maximum Gasteiger partial charge on any atom is 0.125 e. The van der Waals surface area contributed by atoms with Crippen LogP contribution in [0.2, 0.25) is 0 Å². The van der Waals surface area contributed by atoms with Gasteiger partial charge in [-0.05, 0) is 31.5 Å². The van der Waals surface area contributed by atoms with Gasteiger partial charge < -0.3 is 9.84 Å². The molecule has 0 aliphatic rings. The van der Waals surface area contributed by atoms with Crippen LogP contribution in [0.1, 0.15) is 38.4 Å². The van der Waals surface area contributed by atoms with Gasteiger partial charge in [0.15, 0.2) is 0 Å². The van der Waals surface area contributed by atoms with Crippen molar-refractivity contribution in [3.8, 4) is 5.75 Å². The molecule has 0 saturated heterocycles. The molecule has 3 heteroatoms. The van der Waals surface area contributed by atoms with E-state index < -0.39 is 6.10 Å². The third kappa shape index (κ3) is 3.84. The predicted octanol–water partition coefficient (Wildman–Crippen LogP) is 3.68. The summed E-state index contributed by atoms with van der Waals surface area (Å²) in [5, 5.41) is 9.58. The van der Waals surface area contributed by atoms with Crippen LogP contribution < -0.4 is 4.74 Å². The average molecular weight is 273 g/mol. The van der Waals surface area contributed by atoms with Gasteiger partial charge in [0, 0.05) is 10.0 Å². The van der Waals surface area contributed by atoms with E-state index in [1.165, 1.54) is 0 Å². The average Bonchev–Trinajstić information content (AvgIpc) is 2.20. The largest absolute Gasteiger partial charge is 0.493 e. The van der Waals surface area contributed by atoms with Crippen LogP contribution in [0.4, 0.5) is 0 Å². The lowest BCUT2D eigenvalue weighted by Crippen LogP contribution is -2.02. The topological polar surface area (TPSA) is 29.5 Å². The van der Waals surface area contributed by atoms with Crippen molar-refractivity contribution in [2.45, 2.75) is 32.8 Å². The Morgan fingerprint density at radius 3 is 2.80 bits per heavy atom. The quantitative estimate of drug-likeness (QED) is 0.829. The van der Waals surface area contributed by atoms with Gasteiger partial charge in [-0.25, -0.2) is 0 Å². The van der Waals surface area contributed by atoms with E-state index in [4.69, 9.17) is 4.74 Å². The van der Waals surface area contributed by atoms with Gasteiger partial charge >= 0.3 is 0 Å². The van der Waals surface area contributed by atoms with Crippen molar-refractivity contribution in [1.29, 1.82) is 0 Å². The molecule has 0 bridgehead atoms. The monoisotopic (exact) mass is 272 g/mol. The standard InChI is InChI=1S/C12H17BrO2/c1-3-4-7-15-12-6-5-10(13)8-11(12)9(2)14/h5-6,8-9,14H,3-4,7H2,1-2H3/t9-/m1/s1. The molecule has 0 amide bonds. The minimum atomic E-state index is -0.501. The molecule has 1 aromatic carbocycles. The Hall–Kier alpha value is -0.540. The number of benzene rings is 1. The van der Waals surface area contributed by atoms with Crippen LogP contribution in [0, 0.1) is 0 Å². The first-order valence-electron chi connectivity index (χ1n) is 5.25. The third-order valence-corrected chi connectivity index (χ3v) is 2.67. The number of unbranched alkanes of at least 4 members (excludes halogenated alkanes) is 1. The smallest absolute Gasteiger partial charge is 0.125 e. The molecule has 0 fully saturated rings. The van der Waals surface area contributed by atoms with Crippen LogP contribution in [0.5, 0.6) is 5.75 Å². The zero-order valence-electron chi connectivity index (χ0n) is 9.16. The van der Waals surface area contributed by atoms with Crippen molar-refractivity contribution in [3.05, 3.63) is 28.2 Å². The molecular weight excluding hydrogens is 256 g/mol. The van der Waals surface area contributed by atoms with E-state index in [0.29, 0.717) is 6.61 Å². The second kappa shape index (κ2) is 6.13. The lowest BCUT2D eigenvalue weighted by molar-refractivity contribution is 0.191. The summed E-state index contributed by atoms with van der Waals surface area (Å²) in [4.78, 5) is 0. The van der Waals surface area contributed by atoms with Crippen LogP contribution in [0.15, 0.2) is 22.7 Å². The number of hydrogen-bond donors (Lipinski definition) is 1. The highest BCUT2D eigenvalue weighted by molar-refractivity contribution is 9.10. The van der Waals surface area contributed by atoms with E-state index in [2.05, 4.69) is 22.9 Å². The van der Waals surface area contributed by atoms with E-state index in [0.717, 1.165) is 28.6 Å². The maximum atomic E-state index is 9.58. The molecule has 1 rings (SSSR count). The van der Waals surface area contributed by atoms with Gasteiger partial charge in [-0.2, -0.15) is 0 Å². The Kier molecular flexibility index (Phi) is 5.12. The molecule has 0 heterocycles. The van der Waals surface area contributed by atoms with Crippen molar-refractivity contribution in [1.82, 2.24) is 0 Å². The van der Waals surface area contributed by atoms with Crippen LogP contribution in [-0.2, 0) is 0 Å². The molecule has 0 aliphatic carbocycles. The maximum absolute atomic E-state index is 9.58. The van der Waals surface area contributed by atoms with Crippen LogP contribution in [0.3, 0.4) is 0 Å². The lowest BCUT2D eigenvalue weighted by atomic mass is 10.1. The van der Waals surface area contributed by atoms with Gasteiger partial charge in [0.25, 0.3) is 0 Å². The van der Waals surface area contributed by atoms with Crippen molar-refractivity contribution >= 4 is 15.9 Å². The third-order valence-electron chi connectivity index (χ3n) is 2.18. The molecule has 2 nitrogen and oxygen atoms in total. The molecule has 15 heavy (non-hydrogen) atoms. The molecule has 1 N–H and O–H groups in total.